The lowest BCUT2D eigenvalue weighted by atomic mass is 10.2. The average Bonchev–Trinajstić information content (AvgIpc) is 3.64. The number of pyridine rings is 1. The van der Waals surface area contributed by atoms with Gasteiger partial charge in [0.1, 0.15) is 18.1 Å². The normalized spacial score (nSPS) is 11.1. The maximum absolute atomic E-state index is 15.0. The van der Waals surface area contributed by atoms with Crippen LogP contribution in [0.5, 0.6) is 11.5 Å². The highest BCUT2D eigenvalue weighted by molar-refractivity contribution is 7.80. The Morgan fingerprint density at radius 2 is 1.97 bits per heavy atom. The molecule has 0 aliphatic rings. The van der Waals surface area contributed by atoms with Crippen molar-refractivity contribution in [3.8, 4) is 22.2 Å². The number of rotatable bonds is 6. The second-order valence-corrected chi connectivity index (χ2v) is 10.1. The number of hydrogen-bond acceptors (Lipinski definition) is 7. The molecule has 0 bridgehead atoms. The highest BCUT2D eigenvalue weighted by Gasteiger charge is 2.15. The molecule has 0 aliphatic heterocycles. The highest BCUT2D eigenvalue weighted by Crippen LogP contribution is 2.39. The van der Waals surface area contributed by atoms with Crippen molar-refractivity contribution in [3.05, 3.63) is 85.2 Å². The number of aryl methyl sites for hydroxylation is 1. The lowest BCUT2D eigenvalue weighted by Crippen LogP contribution is -2.36. The van der Waals surface area contributed by atoms with Crippen molar-refractivity contribution in [2.24, 2.45) is 7.05 Å². The number of aromatic nitrogens is 5. The van der Waals surface area contributed by atoms with Crippen LogP contribution in [0.15, 0.2) is 79.4 Å². The first-order valence-electron chi connectivity index (χ1n) is 11.8. The Bertz CT molecular complexity index is 1860. The van der Waals surface area contributed by atoms with E-state index in [0.29, 0.717) is 11.4 Å². The SMILES string of the molecule is Cn1ccnc1-c1cc2nccc(Oc3ccc(NC(=S)NC(=O)Cn4ncc5ccccc54)cc3F)c2s1. The summed E-state index contributed by atoms with van der Waals surface area (Å²) in [7, 11) is 1.92. The van der Waals surface area contributed by atoms with Gasteiger partial charge < -0.3 is 19.9 Å². The van der Waals surface area contributed by atoms with Gasteiger partial charge in [0.05, 0.1) is 26.8 Å². The number of halogens is 1. The molecule has 12 heteroatoms. The van der Waals surface area contributed by atoms with Gasteiger partial charge in [-0.25, -0.2) is 9.37 Å². The van der Waals surface area contributed by atoms with Gasteiger partial charge >= 0.3 is 0 Å². The van der Waals surface area contributed by atoms with E-state index in [1.165, 1.54) is 23.5 Å². The van der Waals surface area contributed by atoms with Gasteiger partial charge in [0, 0.05) is 48.8 Å². The first-order chi connectivity index (χ1) is 18.9. The molecule has 2 aromatic carbocycles. The van der Waals surface area contributed by atoms with Crippen molar-refractivity contribution in [2.75, 3.05) is 5.32 Å². The van der Waals surface area contributed by atoms with Gasteiger partial charge in [0.2, 0.25) is 5.91 Å². The van der Waals surface area contributed by atoms with E-state index in [1.807, 2.05) is 48.1 Å². The van der Waals surface area contributed by atoms with Gasteiger partial charge in [-0.1, -0.05) is 18.2 Å². The Labute approximate surface area is 230 Å². The van der Waals surface area contributed by atoms with Crippen molar-refractivity contribution >= 4 is 61.4 Å². The lowest BCUT2D eigenvalue weighted by Gasteiger charge is -2.12. The topological polar surface area (TPSA) is 98.9 Å². The number of para-hydroxylation sites is 1. The van der Waals surface area contributed by atoms with Gasteiger partial charge in [-0.2, -0.15) is 5.10 Å². The zero-order valence-electron chi connectivity index (χ0n) is 20.5. The zero-order valence-corrected chi connectivity index (χ0v) is 22.1. The zero-order chi connectivity index (χ0) is 26.9. The lowest BCUT2D eigenvalue weighted by molar-refractivity contribution is -0.120. The molecule has 0 saturated carbocycles. The number of thiocarbonyl (C=S) groups is 1. The number of anilines is 1. The summed E-state index contributed by atoms with van der Waals surface area (Å²) in [4.78, 5) is 22.2. The van der Waals surface area contributed by atoms with Crippen LogP contribution in [0.1, 0.15) is 0 Å². The van der Waals surface area contributed by atoms with Crippen molar-refractivity contribution < 1.29 is 13.9 Å². The fourth-order valence-electron chi connectivity index (χ4n) is 4.10. The fourth-order valence-corrected chi connectivity index (χ4v) is 5.44. The molecule has 9 nitrogen and oxygen atoms in total. The van der Waals surface area contributed by atoms with Crippen LogP contribution in [-0.4, -0.2) is 35.3 Å². The second kappa shape index (κ2) is 10.2. The number of carbonyl (C=O) groups is 1. The quantitative estimate of drug-likeness (QED) is 0.261. The molecular formula is C27H20FN7O2S2. The van der Waals surface area contributed by atoms with Crippen LogP contribution >= 0.6 is 23.6 Å². The first-order valence-corrected chi connectivity index (χ1v) is 13.0. The van der Waals surface area contributed by atoms with Gasteiger partial charge in [-0.15, -0.1) is 11.3 Å². The third-order valence-electron chi connectivity index (χ3n) is 5.92. The predicted octanol–water partition coefficient (Wildman–Crippen LogP) is 5.49. The Balaban J connectivity index is 1.12. The molecule has 0 spiro atoms. The van der Waals surface area contributed by atoms with Crippen LogP contribution < -0.4 is 15.4 Å². The van der Waals surface area contributed by atoms with Crippen LogP contribution in [0.25, 0.3) is 31.8 Å². The van der Waals surface area contributed by atoms with Crippen molar-refractivity contribution in [1.82, 2.24) is 29.6 Å². The standard InChI is InChI=1S/C27H20FN7O2S2/c1-34-11-10-30-26(34)23-13-19-25(39-23)22(8-9-29-19)37-21-7-6-17(12-18(21)28)32-27(38)33-24(36)15-35-20-5-3-2-4-16(20)14-31-35/h2-14H,15H2,1H3,(H2,32,33,36,38). The summed E-state index contributed by atoms with van der Waals surface area (Å²) in [5.41, 5.74) is 1.94. The Hall–Kier alpha value is -4.68. The molecule has 4 heterocycles. The molecule has 0 radical (unpaired) electrons. The molecule has 1 amide bonds. The van der Waals surface area contributed by atoms with Gasteiger partial charge in [0.15, 0.2) is 16.7 Å². The summed E-state index contributed by atoms with van der Waals surface area (Å²) in [5.74, 6) is 0.387. The number of hydrogen-bond donors (Lipinski definition) is 2. The molecule has 4 aromatic heterocycles. The number of thiophene rings is 1. The van der Waals surface area contributed by atoms with E-state index in [0.717, 1.165) is 31.8 Å². The first kappa shape index (κ1) is 24.6. The summed E-state index contributed by atoms with van der Waals surface area (Å²) < 4.78 is 25.2. The number of fused-ring (bicyclic) bond motifs is 2. The number of amides is 1. The van der Waals surface area contributed by atoms with E-state index in [2.05, 4.69) is 25.7 Å². The van der Waals surface area contributed by atoms with Crippen molar-refractivity contribution in [3.63, 3.8) is 0 Å². The van der Waals surface area contributed by atoms with E-state index in [1.54, 1.807) is 35.4 Å². The van der Waals surface area contributed by atoms with Crippen LogP contribution in [0, 0.1) is 5.82 Å². The van der Waals surface area contributed by atoms with Crippen LogP contribution in [0.2, 0.25) is 0 Å². The van der Waals surface area contributed by atoms with Gasteiger partial charge in [-0.05, 0) is 36.5 Å². The van der Waals surface area contributed by atoms with Gasteiger partial charge in [-0.3, -0.25) is 14.5 Å². The summed E-state index contributed by atoms with van der Waals surface area (Å²) >= 11 is 6.71. The molecule has 39 heavy (non-hydrogen) atoms. The molecular weight excluding hydrogens is 537 g/mol. The van der Waals surface area contributed by atoms with Crippen LogP contribution in [0.3, 0.4) is 0 Å². The predicted molar refractivity (Wildman–Crippen MR) is 152 cm³/mol. The molecule has 194 valence electrons. The van der Waals surface area contributed by atoms with Crippen molar-refractivity contribution in [2.45, 2.75) is 6.54 Å². The molecule has 0 aliphatic carbocycles. The van der Waals surface area contributed by atoms with E-state index >= 15 is 0 Å². The van der Waals surface area contributed by atoms with Crippen LogP contribution in [-0.2, 0) is 18.4 Å². The van der Waals surface area contributed by atoms with Crippen molar-refractivity contribution in [1.29, 1.82) is 0 Å². The van der Waals surface area contributed by atoms with E-state index in [-0.39, 0.29) is 23.3 Å². The molecule has 0 unspecified atom stereocenters. The maximum atomic E-state index is 15.0. The number of imidazole rings is 1. The highest BCUT2D eigenvalue weighted by atomic mass is 32.1. The Kier molecular flexibility index (Phi) is 6.47. The minimum atomic E-state index is -0.594. The third kappa shape index (κ3) is 5.07. The molecule has 0 saturated heterocycles. The molecule has 2 N–H and O–H groups in total. The number of carbonyl (C=O) groups excluding carboxylic acids is 1. The summed E-state index contributed by atoms with van der Waals surface area (Å²) in [6.45, 7) is -0.0124. The monoisotopic (exact) mass is 557 g/mol. The maximum Gasteiger partial charge on any atom is 0.247 e. The number of nitrogens with one attached hydrogen (secondary N) is 2. The second-order valence-electron chi connectivity index (χ2n) is 8.61. The van der Waals surface area contributed by atoms with E-state index in [9.17, 15) is 9.18 Å². The number of nitrogens with zero attached hydrogens (tertiary/aromatic N) is 5. The fraction of sp³-hybridized carbons (Fsp3) is 0.0741. The van der Waals surface area contributed by atoms with E-state index < -0.39 is 5.82 Å². The van der Waals surface area contributed by atoms with E-state index in [4.69, 9.17) is 17.0 Å². The number of benzene rings is 2. The summed E-state index contributed by atoms with van der Waals surface area (Å²) in [5, 5.41) is 10.6. The molecule has 0 atom stereocenters. The minimum absolute atomic E-state index is 0.0124. The number of ether oxygens (including phenoxy) is 1. The largest absolute Gasteiger partial charge is 0.453 e. The third-order valence-corrected chi connectivity index (χ3v) is 7.26. The smallest absolute Gasteiger partial charge is 0.247 e. The summed E-state index contributed by atoms with van der Waals surface area (Å²) in [6.07, 6.45) is 6.91. The Morgan fingerprint density at radius 3 is 2.79 bits per heavy atom. The average molecular weight is 558 g/mol. The van der Waals surface area contributed by atoms with Crippen LogP contribution in [0.4, 0.5) is 10.1 Å². The minimum Gasteiger partial charge on any atom is -0.453 e. The van der Waals surface area contributed by atoms with Gasteiger partial charge in [0.25, 0.3) is 0 Å². The summed E-state index contributed by atoms with van der Waals surface area (Å²) in [6, 6.07) is 15.6. The molecule has 6 rings (SSSR count). The molecule has 0 fully saturated rings. The molecule has 6 aromatic rings. The Morgan fingerprint density at radius 1 is 1.10 bits per heavy atom.